The Kier molecular flexibility index (Phi) is 4.32. The average molecular weight is 287 g/mol. The number of carbonyl (C=O) groups excluding carboxylic acids is 1. The van der Waals surface area contributed by atoms with Gasteiger partial charge in [0.15, 0.2) is 0 Å². The number of carbonyl (C=O) groups is 1. The minimum absolute atomic E-state index is 0.0524. The Hall–Kier alpha value is -1.56. The van der Waals surface area contributed by atoms with Crippen molar-refractivity contribution in [1.82, 2.24) is 5.32 Å². The molecule has 0 aromatic heterocycles. The maximum absolute atomic E-state index is 13.1. The van der Waals surface area contributed by atoms with Crippen LogP contribution in [0.15, 0.2) is 18.2 Å². The van der Waals surface area contributed by atoms with Crippen LogP contribution in [0.5, 0.6) is 0 Å². The molecule has 1 aliphatic rings. The van der Waals surface area contributed by atoms with Gasteiger partial charge in [0.2, 0.25) is 0 Å². The van der Waals surface area contributed by atoms with Crippen LogP contribution in [-0.4, -0.2) is 26.2 Å². The molecule has 0 amide bonds. The summed E-state index contributed by atoms with van der Waals surface area (Å²) in [6.07, 6.45) is -2.78. The van der Waals surface area contributed by atoms with E-state index in [1.54, 1.807) is 6.07 Å². The largest absolute Gasteiger partial charge is 0.465 e. The minimum atomic E-state index is -4.57. The summed E-state index contributed by atoms with van der Waals surface area (Å²) in [6.45, 7) is 1.55. The topological polar surface area (TPSA) is 38.3 Å². The second-order valence-corrected chi connectivity index (χ2v) is 4.84. The van der Waals surface area contributed by atoms with Gasteiger partial charge >= 0.3 is 12.1 Å². The van der Waals surface area contributed by atoms with E-state index >= 15 is 0 Å². The standard InChI is InChI=1S/C14H16F3NO2/c1-20-13(19)11-5-4-9(7-12(11)14(15,16)17)10-3-2-6-18-8-10/h4-5,7,10,18H,2-3,6,8H2,1H3. The number of rotatable bonds is 2. The smallest absolute Gasteiger partial charge is 0.417 e. The Morgan fingerprint density at radius 1 is 1.40 bits per heavy atom. The van der Waals surface area contributed by atoms with Crippen LogP contribution in [0.4, 0.5) is 13.2 Å². The van der Waals surface area contributed by atoms with Crippen molar-refractivity contribution in [3.8, 4) is 0 Å². The third kappa shape index (κ3) is 3.12. The van der Waals surface area contributed by atoms with E-state index in [4.69, 9.17) is 0 Å². The Bertz CT molecular complexity index is 494. The summed E-state index contributed by atoms with van der Waals surface area (Å²) in [5.74, 6) is -0.915. The van der Waals surface area contributed by atoms with Gasteiger partial charge in [-0.2, -0.15) is 13.2 Å². The van der Waals surface area contributed by atoms with Crippen LogP contribution in [0.1, 0.15) is 40.2 Å². The van der Waals surface area contributed by atoms with E-state index < -0.39 is 23.3 Å². The first-order valence-corrected chi connectivity index (χ1v) is 6.43. The summed E-state index contributed by atoms with van der Waals surface area (Å²) in [5, 5.41) is 3.17. The van der Waals surface area contributed by atoms with Gasteiger partial charge in [0.1, 0.15) is 0 Å². The quantitative estimate of drug-likeness (QED) is 0.850. The van der Waals surface area contributed by atoms with E-state index in [9.17, 15) is 18.0 Å². The average Bonchev–Trinajstić information content (AvgIpc) is 2.46. The Morgan fingerprint density at radius 3 is 2.70 bits per heavy atom. The number of halogens is 3. The van der Waals surface area contributed by atoms with Gasteiger partial charge in [0.25, 0.3) is 0 Å². The molecule has 0 saturated carbocycles. The SMILES string of the molecule is COC(=O)c1ccc(C2CCCNC2)cc1C(F)(F)F. The fourth-order valence-corrected chi connectivity index (χ4v) is 2.47. The fourth-order valence-electron chi connectivity index (χ4n) is 2.47. The third-order valence-electron chi connectivity index (χ3n) is 3.52. The van der Waals surface area contributed by atoms with E-state index in [2.05, 4.69) is 10.1 Å². The highest BCUT2D eigenvalue weighted by molar-refractivity contribution is 5.91. The predicted molar refractivity (Wildman–Crippen MR) is 67.6 cm³/mol. The van der Waals surface area contributed by atoms with Gasteiger partial charge in [0.05, 0.1) is 18.2 Å². The first-order chi connectivity index (χ1) is 9.43. The number of esters is 1. The van der Waals surface area contributed by atoms with E-state index in [1.807, 2.05) is 0 Å². The number of methoxy groups -OCH3 is 1. The molecule has 1 heterocycles. The number of ether oxygens (including phenoxy) is 1. The summed E-state index contributed by atoms with van der Waals surface area (Å²) in [6, 6.07) is 3.86. The van der Waals surface area contributed by atoms with Crippen molar-refractivity contribution in [2.24, 2.45) is 0 Å². The summed E-state index contributed by atoms with van der Waals surface area (Å²) >= 11 is 0. The molecule has 6 heteroatoms. The van der Waals surface area contributed by atoms with Crippen LogP contribution in [-0.2, 0) is 10.9 Å². The lowest BCUT2D eigenvalue weighted by atomic mass is 9.89. The molecule has 1 aliphatic heterocycles. The summed E-state index contributed by atoms with van der Waals surface area (Å²) in [7, 11) is 1.07. The molecule has 1 aromatic rings. The van der Waals surface area contributed by atoms with Gasteiger partial charge in [-0.3, -0.25) is 0 Å². The number of hydrogen-bond donors (Lipinski definition) is 1. The van der Waals surface area contributed by atoms with Crippen LogP contribution in [0.3, 0.4) is 0 Å². The maximum atomic E-state index is 13.1. The lowest BCUT2D eigenvalue weighted by Gasteiger charge is -2.24. The third-order valence-corrected chi connectivity index (χ3v) is 3.52. The first kappa shape index (κ1) is 14.8. The van der Waals surface area contributed by atoms with Gasteiger partial charge in [-0.1, -0.05) is 6.07 Å². The van der Waals surface area contributed by atoms with Gasteiger partial charge in [-0.15, -0.1) is 0 Å². The van der Waals surface area contributed by atoms with Crippen LogP contribution in [0.2, 0.25) is 0 Å². The molecule has 3 nitrogen and oxygen atoms in total. The molecule has 1 fully saturated rings. The molecule has 20 heavy (non-hydrogen) atoms. The zero-order valence-electron chi connectivity index (χ0n) is 11.1. The van der Waals surface area contributed by atoms with E-state index in [1.165, 1.54) is 6.07 Å². The molecule has 1 N–H and O–H groups in total. The van der Waals surface area contributed by atoms with Crippen LogP contribution >= 0.6 is 0 Å². The van der Waals surface area contributed by atoms with Crippen LogP contribution in [0, 0.1) is 0 Å². The van der Waals surface area contributed by atoms with Crippen molar-refractivity contribution in [1.29, 1.82) is 0 Å². The van der Waals surface area contributed by atoms with Crippen LogP contribution < -0.4 is 5.32 Å². The van der Waals surface area contributed by atoms with Crippen molar-refractivity contribution in [2.45, 2.75) is 24.9 Å². The zero-order chi connectivity index (χ0) is 14.8. The number of hydrogen-bond acceptors (Lipinski definition) is 3. The highest BCUT2D eigenvalue weighted by Crippen LogP contribution is 2.35. The summed E-state index contributed by atoms with van der Waals surface area (Å²) in [4.78, 5) is 11.4. The fraction of sp³-hybridized carbons (Fsp3) is 0.500. The Morgan fingerprint density at radius 2 is 2.15 bits per heavy atom. The molecule has 2 rings (SSSR count). The zero-order valence-corrected chi connectivity index (χ0v) is 11.1. The van der Waals surface area contributed by atoms with Crippen molar-refractivity contribution in [2.75, 3.05) is 20.2 Å². The molecular formula is C14H16F3NO2. The van der Waals surface area contributed by atoms with Crippen molar-refractivity contribution in [3.05, 3.63) is 34.9 Å². The minimum Gasteiger partial charge on any atom is -0.465 e. The van der Waals surface area contributed by atoms with E-state index in [-0.39, 0.29) is 5.92 Å². The molecule has 1 aromatic carbocycles. The highest BCUT2D eigenvalue weighted by Gasteiger charge is 2.36. The number of alkyl halides is 3. The molecule has 0 spiro atoms. The number of benzene rings is 1. The summed E-state index contributed by atoms with van der Waals surface area (Å²) < 4.78 is 43.6. The predicted octanol–water partition coefficient (Wildman–Crippen LogP) is 2.96. The molecule has 1 saturated heterocycles. The molecule has 1 atom stereocenters. The van der Waals surface area contributed by atoms with Crippen LogP contribution in [0.25, 0.3) is 0 Å². The van der Waals surface area contributed by atoms with Gasteiger partial charge in [0, 0.05) is 6.54 Å². The monoisotopic (exact) mass is 287 g/mol. The van der Waals surface area contributed by atoms with Gasteiger partial charge < -0.3 is 10.1 Å². The van der Waals surface area contributed by atoms with Gasteiger partial charge in [-0.25, -0.2) is 4.79 Å². The number of piperidine rings is 1. The first-order valence-electron chi connectivity index (χ1n) is 6.43. The molecule has 1 unspecified atom stereocenters. The second kappa shape index (κ2) is 5.83. The lowest BCUT2D eigenvalue weighted by Crippen LogP contribution is -2.28. The molecule has 0 bridgehead atoms. The maximum Gasteiger partial charge on any atom is 0.417 e. The molecular weight excluding hydrogens is 271 g/mol. The van der Waals surface area contributed by atoms with Gasteiger partial charge in [-0.05, 0) is 43.0 Å². The highest BCUT2D eigenvalue weighted by atomic mass is 19.4. The van der Waals surface area contributed by atoms with Crippen molar-refractivity contribution >= 4 is 5.97 Å². The van der Waals surface area contributed by atoms with E-state index in [0.717, 1.165) is 32.6 Å². The normalized spacial score (nSPS) is 19.7. The molecule has 0 radical (unpaired) electrons. The second-order valence-electron chi connectivity index (χ2n) is 4.84. The Balaban J connectivity index is 2.40. The molecule has 110 valence electrons. The molecule has 0 aliphatic carbocycles. The van der Waals surface area contributed by atoms with E-state index in [0.29, 0.717) is 12.1 Å². The Labute approximate surface area is 115 Å². The summed E-state index contributed by atoms with van der Waals surface area (Å²) in [5.41, 5.74) is -0.753. The van der Waals surface area contributed by atoms with Crippen molar-refractivity contribution in [3.63, 3.8) is 0 Å². The van der Waals surface area contributed by atoms with Crippen molar-refractivity contribution < 1.29 is 22.7 Å². The lowest BCUT2D eigenvalue weighted by molar-refractivity contribution is -0.138. The number of nitrogens with one attached hydrogen (secondary N) is 1.